The van der Waals surface area contributed by atoms with Gasteiger partial charge in [-0.05, 0) is 30.0 Å². The zero-order valence-electron chi connectivity index (χ0n) is 19.4. The maximum absolute atomic E-state index is 12.9. The maximum Gasteiger partial charge on any atom is 0.326 e. The van der Waals surface area contributed by atoms with Crippen molar-refractivity contribution in [3.63, 3.8) is 0 Å². The second kappa shape index (κ2) is 13.9. The molecule has 35 heavy (non-hydrogen) atoms. The Kier molecular flexibility index (Phi) is 11.6. The lowest BCUT2D eigenvalue weighted by Gasteiger charge is -2.25. The molecule has 13 heteroatoms. The Morgan fingerprint density at radius 1 is 0.857 bits per heavy atom. The number of benzene rings is 1. The number of rotatable bonds is 14. The predicted octanol–water partition coefficient (Wildman–Crippen LogP) is -1.69. The quantitative estimate of drug-likeness (QED) is 0.146. The predicted molar refractivity (Wildman–Crippen MR) is 122 cm³/mol. The first-order valence-corrected chi connectivity index (χ1v) is 10.8. The summed E-state index contributed by atoms with van der Waals surface area (Å²) < 4.78 is 0. The van der Waals surface area contributed by atoms with E-state index in [1.165, 1.54) is 24.3 Å². The zero-order valence-corrected chi connectivity index (χ0v) is 19.4. The van der Waals surface area contributed by atoms with Gasteiger partial charge >= 0.3 is 11.9 Å². The summed E-state index contributed by atoms with van der Waals surface area (Å²) in [5.41, 5.74) is 5.98. The van der Waals surface area contributed by atoms with Crippen LogP contribution in [0.4, 0.5) is 0 Å². The molecule has 0 fully saturated rings. The van der Waals surface area contributed by atoms with Gasteiger partial charge in [0, 0.05) is 6.42 Å². The maximum atomic E-state index is 12.9. The van der Waals surface area contributed by atoms with E-state index in [-0.39, 0.29) is 24.5 Å². The average molecular weight is 497 g/mol. The van der Waals surface area contributed by atoms with Crippen molar-refractivity contribution < 1.29 is 44.4 Å². The molecular formula is C22H32N4O9. The molecule has 0 aliphatic carbocycles. The number of aliphatic hydroxyl groups is 1. The minimum absolute atomic E-state index is 0.0255. The molecule has 9 N–H and O–H groups in total. The van der Waals surface area contributed by atoms with Crippen LogP contribution in [0.15, 0.2) is 24.3 Å². The van der Waals surface area contributed by atoms with E-state index in [2.05, 4.69) is 16.0 Å². The summed E-state index contributed by atoms with van der Waals surface area (Å²) in [6.07, 6.45) is -0.669. The molecule has 0 radical (unpaired) electrons. The zero-order chi connectivity index (χ0) is 26.7. The molecule has 4 atom stereocenters. The van der Waals surface area contributed by atoms with Crippen molar-refractivity contribution in [3.8, 4) is 5.75 Å². The third-order valence-electron chi connectivity index (χ3n) is 4.88. The molecule has 1 aromatic carbocycles. The van der Waals surface area contributed by atoms with Gasteiger partial charge in [-0.1, -0.05) is 26.0 Å². The fourth-order valence-electron chi connectivity index (χ4n) is 3.07. The number of amides is 3. The largest absolute Gasteiger partial charge is 0.508 e. The van der Waals surface area contributed by atoms with Crippen molar-refractivity contribution in [3.05, 3.63) is 29.8 Å². The Labute approximate surface area is 201 Å². The minimum Gasteiger partial charge on any atom is -0.508 e. The lowest BCUT2D eigenvalue weighted by Crippen LogP contribution is -2.58. The van der Waals surface area contributed by atoms with E-state index >= 15 is 0 Å². The van der Waals surface area contributed by atoms with Crippen LogP contribution in [0.25, 0.3) is 0 Å². The summed E-state index contributed by atoms with van der Waals surface area (Å²) in [7, 11) is 0. The molecular weight excluding hydrogens is 464 g/mol. The first-order chi connectivity index (χ1) is 16.3. The Bertz CT molecular complexity index is 905. The molecule has 194 valence electrons. The van der Waals surface area contributed by atoms with E-state index in [0.717, 1.165) is 0 Å². The highest BCUT2D eigenvalue weighted by molar-refractivity contribution is 5.94. The first-order valence-electron chi connectivity index (χ1n) is 10.8. The molecule has 0 bridgehead atoms. The highest BCUT2D eigenvalue weighted by Crippen LogP contribution is 2.12. The average Bonchev–Trinajstić information content (AvgIpc) is 2.76. The molecule has 0 spiro atoms. The van der Waals surface area contributed by atoms with E-state index in [1.807, 2.05) is 0 Å². The monoisotopic (exact) mass is 496 g/mol. The number of nitrogens with two attached hydrogens (primary N) is 1. The lowest BCUT2D eigenvalue weighted by molar-refractivity contribution is -0.142. The normalized spacial score (nSPS) is 14.3. The van der Waals surface area contributed by atoms with Gasteiger partial charge in [0.05, 0.1) is 19.1 Å². The van der Waals surface area contributed by atoms with E-state index in [9.17, 15) is 39.3 Å². The van der Waals surface area contributed by atoms with Gasteiger partial charge in [0.1, 0.15) is 23.9 Å². The summed E-state index contributed by atoms with van der Waals surface area (Å²) in [6.45, 7) is 2.68. The molecule has 0 saturated carbocycles. The van der Waals surface area contributed by atoms with Gasteiger partial charge in [-0.15, -0.1) is 0 Å². The van der Waals surface area contributed by atoms with Crippen molar-refractivity contribution in [2.24, 2.45) is 11.7 Å². The number of carbonyl (C=O) groups is 5. The Morgan fingerprint density at radius 3 is 1.86 bits per heavy atom. The fourth-order valence-corrected chi connectivity index (χ4v) is 3.07. The highest BCUT2D eigenvalue weighted by atomic mass is 16.4. The van der Waals surface area contributed by atoms with Gasteiger partial charge < -0.3 is 42.1 Å². The highest BCUT2D eigenvalue weighted by Gasteiger charge is 2.30. The molecule has 1 aromatic rings. The van der Waals surface area contributed by atoms with Crippen molar-refractivity contribution in [2.75, 3.05) is 6.61 Å². The summed E-state index contributed by atoms with van der Waals surface area (Å²) in [5, 5.41) is 44.1. The third kappa shape index (κ3) is 10.4. The number of phenols is 1. The first kappa shape index (κ1) is 29.3. The molecule has 0 aliphatic heterocycles. The van der Waals surface area contributed by atoms with Crippen LogP contribution < -0.4 is 21.7 Å². The molecule has 0 aromatic heterocycles. The van der Waals surface area contributed by atoms with Crippen LogP contribution in [0.2, 0.25) is 0 Å². The smallest absolute Gasteiger partial charge is 0.326 e. The SMILES string of the molecule is CC(C)CC(NC(=O)C(Cc1ccc(O)cc1)NC(=O)C(CO)NC(=O)C(N)CC(=O)O)C(=O)O. The van der Waals surface area contributed by atoms with E-state index < -0.39 is 66.9 Å². The van der Waals surface area contributed by atoms with E-state index in [0.29, 0.717) is 5.56 Å². The standard InChI is InChI=1S/C22H32N4O9/c1-11(2)7-16(22(34)35)25-20(32)15(8-12-3-5-13(28)6-4-12)24-21(33)17(10-27)26-19(31)14(23)9-18(29)30/h3-6,11,14-17,27-28H,7-10,23H2,1-2H3,(H,24,33)(H,25,32)(H,26,31)(H,29,30)(H,34,35). The van der Waals surface area contributed by atoms with E-state index in [1.54, 1.807) is 13.8 Å². The summed E-state index contributed by atoms with van der Waals surface area (Å²) >= 11 is 0. The number of aliphatic hydroxyl groups excluding tert-OH is 1. The van der Waals surface area contributed by atoms with Crippen LogP contribution >= 0.6 is 0 Å². The number of phenolic OH excluding ortho intramolecular Hbond substituents is 1. The van der Waals surface area contributed by atoms with Gasteiger partial charge in [0.25, 0.3) is 0 Å². The minimum atomic E-state index is -1.55. The van der Waals surface area contributed by atoms with Crippen LogP contribution in [0.3, 0.4) is 0 Å². The van der Waals surface area contributed by atoms with Crippen LogP contribution in [0, 0.1) is 5.92 Å². The summed E-state index contributed by atoms with van der Waals surface area (Å²) in [4.78, 5) is 60.0. The topological polar surface area (TPSA) is 228 Å². The molecule has 0 saturated heterocycles. The Morgan fingerprint density at radius 2 is 1.37 bits per heavy atom. The second-order valence-corrected chi connectivity index (χ2v) is 8.41. The molecule has 0 heterocycles. The van der Waals surface area contributed by atoms with Crippen molar-refractivity contribution in [1.29, 1.82) is 0 Å². The molecule has 1 rings (SSSR count). The second-order valence-electron chi connectivity index (χ2n) is 8.41. The third-order valence-corrected chi connectivity index (χ3v) is 4.88. The number of aliphatic carboxylic acids is 2. The lowest BCUT2D eigenvalue weighted by atomic mass is 10.0. The van der Waals surface area contributed by atoms with Crippen LogP contribution in [-0.4, -0.2) is 80.9 Å². The number of nitrogens with one attached hydrogen (secondary N) is 3. The van der Waals surface area contributed by atoms with Gasteiger partial charge in [-0.3, -0.25) is 19.2 Å². The number of hydrogen-bond acceptors (Lipinski definition) is 8. The number of carbonyl (C=O) groups excluding carboxylic acids is 3. The van der Waals surface area contributed by atoms with Gasteiger partial charge in [-0.25, -0.2) is 4.79 Å². The van der Waals surface area contributed by atoms with Gasteiger partial charge in [0.15, 0.2) is 0 Å². The molecule has 4 unspecified atom stereocenters. The molecule has 3 amide bonds. The number of carboxylic acids is 2. The van der Waals surface area contributed by atoms with Crippen molar-refractivity contribution >= 4 is 29.7 Å². The van der Waals surface area contributed by atoms with Crippen molar-refractivity contribution in [2.45, 2.75) is 57.3 Å². The number of aromatic hydroxyl groups is 1. The Hall–Kier alpha value is -3.71. The molecule has 0 aliphatic rings. The summed E-state index contributed by atoms with van der Waals surface area (Å²) in [6, 6.07) is 0.184. The van der Waals surface area contributed by atoms with Crippen LogP contribution in [-0.2, 0) is 30.4 Å². The molecule has 13 nitrogen and oxygen atoms in total. The van der Waals surface area contributed by atoms with Crippen molar-refractivity contribution in [1.82, 2.24) is 16.0 Å². The Balaban J connectivity index is 3.05. The fraction of sp³-hybridized carbons (Fsp3) is 0.500. The van der Waals surface area contributed by atoms with E-state index in [4.69, 9.17) is 10.8 Å². The van der Waals surface area contributed by atoms with Crippen LogP contribution in [0.1, 0.15) is 32.3 Å². The van der Waals surface area contributed by atoms with Gasteiger partial charge in [0.2, 0.25) is 17.7 Å². The van der Waals surface area contributed by atoms with Gasteiger partial charge in [-0.2, -0.15) is 0 Å². The summed E-state index contributed by atoms with van der Waals surface area (Å²) in [5.74, 6) is -5.45. The number of carboxylic acid groups (broad SMARTS) is 2. The van der Waals surface area contributed by atoms with Crippen LogP contribution in [0.5, 0.6) is 5.75 Å². The number of hydrogen-bond donors (Lipinski definition) is 8.